The van der Waals surface area contributed by atoms with E-state index in [1.165, 1.54) is 24.8 Å². The molecule has 1 heteroatoms. The number of halogens is 1. The van der Waals surface area contributed by atoms with Crippen LogP contribution in [0.1, 0.15) is 39.5 Å². The third-order valence-corrected chi connectivity index (χ3v) is 1.74. The number of unbranched alkanes of at least 4 members (excludes halogenated alkanes) is 1. The highest BCUT2D eigenvalue weighted by Gasteiger charge is 1.87. The smallest absolute Gasteiger partial charge is 0.0258 e. The molecule has 60 valence electrons. The van der Waals surface area contributed by atoms with Gasteiger partial charge in [0.05, 0.1) is 0 Å². The molecule has 0 N–H and O–H groups in total. The van der Waals surface area contributed by atoms with E-state index in [-0.39, 0.29) is 0 Å². The van der Waals surface area contributed by atoms with Gasteiger partial charge in [-0.05, 0) is 26.2 Å². The summed E-state index contributed by atoms with van der Waals surface area (Å²) < 4.78 is 0. The van der Waals surface area contributed by atoms with Gasteiger partial charge in [-0.15, -0.1) is 11.6 Å². The van der Waals surface area contributed by atoms with Gasteiger partial charge in [0.2, 0.25) is 0 Å². The Kier molecular flexibility index (Phi) is 7.16. The predicted octanol–water partition coefficient (Wildman–Crippen LogP) is 3.75. The highest BCUT2D eigenvalue weighted by molar-refractivity contribution is 6.17. The highest BCUT2D eigenvalue weighted by atomic mass is 35.5. The number of hydrogen-bond donors (Lipinski definition) is 0. The minimum absolute atomic E-state index is 0.753. The standard InChI is InChI=1S/C9H17Cl/c1-3-4-6-9(2)7-5-8-10/h7H,3-6,8H2,1-2H3. The van der Waals surface area contributed by atoms with E-state index >= 15 is 0 Å². The molecule has 0 saturated heterocycles. The molecule has 0 radical (unpaired) electrons. The zero-order valence-corrected chi connectivity index (χ0v) is 7.75. The predicted molar refractivity (Wildman–Crippen MR) is 48.6 cm³/mol. The van der Waals surface area contributed by atoms with Crippen molar-refractivity contribution in [3.05, 3.63) is 11.6 Å². The fraction of sp³-hybridized carbons (Fsp3) is 0.778. The first kappa shape index (κ1) is 10.0. The molecular weight excluding hydrogens is 144 g/mol. The van der Waals surface area contributed by atoms with Crippen LogP contribution in [0.3, 0.4) is 0 Å². The van der Waals surface area contributed by atoms with Crippen LogP contribution in [0.5, 0.6) is 0 Å². The average molecular weight is 161 g/mol. The van der Waals surface area contributed by atoms with Gasteiger partial charge in [-0.1, -0.05) is 25.0 Å². The molecule has 10 heavy (non-hydrogen) atoms. The summed E-state index contributed by atoms with van der Waals surface area (Å²) in [4.78, 5) is 0. The minimum atomic E-state index is 0.753. The van der Waals surface area contributed by atoms with Crippen LogP contribution in [-0.4, -0.2) is 5.88 Å². The maximum atomic E-state index is 5.54. The van der Waals surface area contributed by atoms with Gasteiger partial charge in [0.15, 0.2) is 0 Å². The molecule has 0 unspecified atom stereocenters. The van der Waals surface area contributed by atoms with Gasteiger partial charge >= 0.3 is 0 Å². The third-order valence-electron chi connectivity index (χ3n) is 1.53. The van der Waals surface area contributed by atoms with Crippen molar-refractivity contribution in [1.82, 2.24) is 0 Å². The first-order chi connectivity index (χ1) is 4.81. The molecule has 0 saturated carbocycles. The van der Waals surface area contributed by atoms with Crippen molar-refractivity contribution in [2.75, 3.05) is 5.88 Å². The van der Waals surface area contributed by atoms with Crippen LogP contribution in [0.25, 0.3) is 0 Å². The second-order valence-corrected chi connectivity index (χ2v) is 3.01. The van der Waals surface area contributed by atoms with E-state index < -0.39 is 0 Å². The van der Waals surface area contributed by atoms with Gasteiger partial charge < -0.3 is 0 Å². The number of allylic oxidation sites excluding steroid dienone is 2. The topological polar surface area (TPSA) is 0 Å². The van der Waals surface area contributed by atoms with Gasteiger partial charge in [-0.3, -0.25) is 0 Å². The molecule has 0 aliphatic carbocycles. The summed E-state index contributed by atoms with van der Waals surface area (Å²) in [6.07, 6.45) is 7.10. The third kappa shape index (κ3) is 6.15. The summed E-state index contributed by atoms with van der Waals surface area (Å²) in [6, 6.07) is 0. The summed E-state index contributed by atoms with van der Waals surface area (Å²) in [6.45, 7) is 4.40. The van der Waals surface area contributed by atoms with E-state index in [0.717, 1.165) is 12.3 Å². The van der Waals surface area contributed by atoms with Crippen LogP contribution >= 0.6 is 11.6 Å². The lowest BCUT2D eigenvalue weighted by molar-refractivity contribution is 0.784. The minimum Gasteiger partial charge on any atom is -0.126 e. The Morgan fingerprint density at radius 2 is 2.20 bits per heavy atom. The Morgan fingerprint density at radius 3 is 2.70 bits per heavy atom. The zero-order chi connectivity index (χ0) is 7.82. The van der Waals surface area contributed by atoms with Gasteiger partial charge in [-0.25, -0.2) is 0 Å². The lowest BCUT2D eigenvalue weighted by atomic mass is 10.1. The van der Waals surface area contributed by atoms with Crippen LogP contribution in [-0.2, 0) is 0 Å². The fourth-order valence-electron chi connectivity index (χ4n) is 0.859. The van der Waals surface area contributed by atoms with Crippen molar-refractivity contribution in [3.8, 4) is 0 Å². The van der Waals surface area contributed by atoms with Crippen LogP contribution in [0, 0.1) is 0 Å². The first-order valence-electron chi connectivity index (χ1n) is 4.02. The molecule has 0 rings (SSSR count). The molecule has 0 aromatic rings. The molecule has 0 aliphatic heterocycles. The van der Waals surface area contributed by atoms with Crippen LogP contribution in [0.4, 0.5) is 0 Å². The summed E-state index contributed by atoms with van der Waals surface area (Å²) >= 11 is 5.54. The van der Waals surface area contributed by atoms with Crippen molar-refractivity contribution in [1.29, 1.82) is 0 Å². The van der Waals surface area contributed by atoms with E-state index in [2.05, 4.69) is 19.9 Å². The summed E-state index contributed by atoms with van der Waals surface area (Å²) in [5, 5.41) is 0. The molecule has 0 fully saturated rings. The lowest BCUT2D eigenvalue weighted by Gasteiger charge is -1.97. The monoisotopic (exact) mass is 160 g/mol. The first-order valence-corrected chi connectivity index (χ1v) is 4.56. The quantitative estimate of drug-likeness (QED) is 0.425. The molecule has 0 amide bonds. The van der Waals surface area contributed by atoms with E-state index in [9.17, 15) is 0 Å². The fourth-order valence-corrected chi connectivity index (χ4v) is 0.968. The van der Waals surface area contributed by atoms with Gasteiger partial charge in [0.25, 0.3) is 0 Å². The summed E-state index contributed by atoms with van der Waals surface area (Å²) in [5.74, 6) is 0.753. The van der Waals surface area contributed by atoms with Crippen molar-refractivity contribution in [3.63, 3.8) is 0 Å². The Balaban J connectivity index is 3.30. The Bertz CT molecular complexity index is 94.9. The zero-order valence-electron chi connectivity index (χ0n) is 6.99. The molecule has 0 nitrogen and oxygen atoms in total. The highest BCUT2D eigenvalue weighted by Crippen LogP contribution is 2.06. The maximum absolute atomic E-state index is 5.54. The van der Waals surface area contributed by atoms with Gasteiger partial charge in [0.1, 0.15) is 0 Å². The number of rotatable bonds is 5. The molecule has 0 spiro atoms. The SMILES string of the molecule is CCCCC(C)=CCCCl. The van der Waals surface area contributed by atoms with Gasteiger partial charge in [0, 0.05) is 5.88 Å². The second-order valence-electron chi connectivity index (χ2n) is 2.63. The average Bonchev–Trinajstić information content (AvgIpc) is 1.97. The lowest BCUT2D eigenvalue weighted by Crippen LogP contribution is -1.78. The van der Waals surface area contributed by atoms with Crippen LogP contribution in [0.2, 0.25) is 0 Å². The van der Waals surface area contributed by atoms with E-state index in [4.69, 9.17) is 11.6 Å². The Hall–Kier alpha value is 0.0300. The normalized spacial score (nSPS) is 12.1. The van der Waals surface area contributed by atoms with Crippen molar-refractivity contribution >= 4 is 11.6 Å². The number of hydrogen-bond acceptors (Lipinski definition) is 0. The second kappa shape index (κ2) is 7.14. The van der Waals surface area contributed by atoms with Crippen LogP contribution < -0.4 is 0 Å². The molecule has 0 aromatic carbocycles. The van der Waals surface area contributed by atoms with Crippen LogP contribution in [0.15, 0.2) is 11.6 Å². The summed E-state index contributed by atoms with van der Waals surface area (Å²) in [5.41, 5.74) is 1.49. The Labute approximate surface area is 69.3 Å². The van der Waals surface area contributed by atoms with E-state index in [1.807, 2.05) is 0 Å². The molecule has 0 aliphatic rings. The maximum Gasteiger partial charge on any atom is 0.0258 e. The molecule has 0 atom stereocenters. The number of alkyl halides is 1. The molecule has 0 aromatic heterocycles. The molecular formula is C9H17Cl. The Morgan fingerprint density at radius 1 is 1.50 bits per heavy atom. The van der Waals surface area contributed by atoms with E-state index in [0.29, 0.717) is 0 Å². The van der Waals surface area contributed by atoms with Crippen molar-refractivity contribution in [2.24, 2.45) is 0 Å². The van der Waals surface area contributed by atoms with Crippen molar-refractivity contribution < 1.29 is 0 Å². The van der Waals surface area contributed by atoms with Crippen molar-refractivity contribution in [2.45, 2.75) is 39.5 Å². The largest absolute Gasteiger partial charge is 0.126 e. The molecule has 0 heterocycles. The summed E-state index contributed by atoms with van der Waals surface area (Å²) in [7, 11) is 0. The van der Waals surface area contributed by atoms with Gasteiger partial charge in [-0.2, -0.15) is 0 Å². The van der Waals surface area contributed by atoms with E-state index in [1.54, 1.807) is 0 Å². The molecule has 0 bridgehead atoms.